The number of nitrogens with zero attached hydrogens (tertiary/aromatic N) is 3. The lowest BCUT2D eigenvalue weighted by atomic mass is 9.83. The molecule has 2 bridgehead atoms. The fourth-order valence-corrected chi connectivity index (χ4v) is 6.63. The lowest BCUT2D eigenvalue weighted by Gasteiger charge is -2.42. The third-order valence-electron chi connectivity index (χ3n) is 6.59. The van der Waals surface area contributed by atoms with E-state index in [4.69, 9.17) is 4.98 Å². The number of rotatable bonds is 1. The van der Waals surface area contributed by atoms with E-state index in [1.165, 1.54) is 16.9 Å². The molecule has 0 unspecified atom stereocenters. The molecule has 1 aliphatic carbocycles. The van der Waals surface area contributed by atoms with Gasteiger partial charge in [0.2, 0.25) is 5.95 Å². The summed E-state index contributed by atoms with van der Waals surface area (Å²) in [5.74, 6) is 1.40. The van der Waals surface area contributed by atoms with Crippen LogP contribution in [0.2, 0.25) is 0 Å². The minimum Gasteiger partial charge on any atom is -0.341 e. The molecule has 0 spiro atoms. The predicted molar refractivity (Wildman–Crippen MR) is 111 cm³/mol. The summed E-state index contributed by atoms with van der Waals surface area (Å²) in [6.45, 7) is 2.37. The summed E-state index contributed by atoms with van der Waals surface area (Å²) in [5, 5.41) is 0.817. The van der Waals surface area contributed by atoms with Gasteiger partial charge in [0.15, 0.2) is 0 Å². The maximum atomic E-state index is 12.9. The van der Waals surface area contributed by atoms with E-state index in [2.05, 4.69) is 16.0 Å². The van der Waals surface area contributed by atoms with E-state index in [1.54, 1.807) is 17.4 Å². The molecule has 3 aliphatic rings. The number of piperidine rings is 1. The fourth-order valence-electron chi connectivity index (χ4n) is 5.37. The molecular formula is C21H22N4O2S. The second-order valence-electron chi connectivity index (χ2n) is 8.38. The van der Waals surface area contributed by atoms with E-state index < -0.39 is 0 Å². The van der Waals surface area contributed by atoms with Crippen molar-refractivity contribution in [1.82, 2.24) is 14.5 Å². The average Bonchev–Trinajstić information content (AvgIpc) is 3.07. The third kappa shape index (κ3) is 2.42. The molecular weight excluding hydrogens is 372 g/mol. The molecule has 5 heterocycles. The summed E-state index contributed by atoms with van der Waals surface area (Å²) >= 11 is 1.70. The summed E-state index contributed by atoms with van der Waals surface area (Å²) in [7, 11) is 0. The SMILES string of the molecule is O=c1[nH]c(N2C[C@@H]3C[C@H](C2)c2cccc(=O)n2C3)nc2sc3c(c12)CCCC3. The molecule has 2 atom stereocenters. The predicted octanol–water partition coefficient (Wildman–Crippen LogP) is 2.65. The Morgan fingerprint density at radius 2 is 2.00 bits per heavy atom. The molecule has 1 N–H and O–H groups in total. The van der Waals surface area contributed by atoms with E-state index >= 15 is 0 Å². The zero-order valence-electron chi connectivity index (χ0n) is 15.6. The Balaban J connectivity index is 1.40. The number of aromatic nitrogens is 3. The van der Waals surface area contributed by atoms with Gasteiger partial charge in [0.05, 0.1) is 5.39 Å². The Morgan fingerprint density at radius 3 is 2.93 bits per heavy atom. The van der Waals surface area contributed by atoms with Crippen molar-refractivity contribution in [3.63, 3.8) is 0 Å². The lowest BCUT2D eigenvalue weighted by Crippen LogP contribution is -2.48. The first-order chi connectivity index (χ1) is 13.7. The molecule has 144 valence electrons. The molecule has 2 aliphatic heterocycles. The van der Waals surface area contributed by atoms with Gasteiger partial charge >= 0.3 is 0 Å². The topological polar surface area (TPSA) is 71.0 Å². The second-order valence-corrected chi connectivity index (χ2v) is 9.47. The number of anilines is 1. The van der Waals surface area contributed by atoms with Gasteiger partial charge in [-0.1, -0.05) is 6.07 Å². The molecule has 0 amide bonds. The van der Waals surface area contributed by atoms with Crippen molar-refractivity contribution in [1.29, 1.82) is 0 Å². The lowest BCUT2D eigenvalue weighted by molar-refractivity contribution is 0.279. The van der Waals surface area contributed by atoms with Crippen molar-refractivity contribution in [2.45, 2.75) is 44.6 Å². The molecule has 28 heavy (non-hydrogen) atoms. The highest BCUT2D eigenvalue weighted by atomic mass is 32.1. The minimum atomic E-state index is 0.00625. The van der Waals surface area contributed by atoms with Crippen LogP contribution in [-0.4, -0.2) is 27.6 Å². The van der Waals surface area contributed by atoms with Gasteiger partial charge in [-0.2, -0.15) is 0 Å². The number of hydrogen-bond acceptors (Lipinski definition) is 5. The van der Waals surface area contributed by atoms with Crippen molar-refractivity contribution in [2.75, 3.05) is 18.0 Å². The normalized spacial score (nSPS) is 23.5. The first-order valence-electron chi connectivity index (χ1n) is 10.2. The van der Waals surface area contributed by atoms with E-state index in [9.17, 15) is 9.59 Å². The Labute approximate surface area is 165 Å². The number of aromatic amines is 1. The summed E-state index contributed by atoms with van der Waals surface area (Å²) < 4.78 is 1.93. The van der Waals surface area contributed by atoms with Gasteiger partial charge in [-0.25, -0.2) is 4.98 Å². The number of H-pyrrole nitrogens is 1. The maximum Gasteiger partial charge on any atom is 0.261 e. The van der Waals surface area contributed by atoms with Crippen LogP contribution in [0.5, 0.6) is 0 Å². The summed E-state index contributed by atoms with van der Waals surface area (Å²) in [6, 6.07) is 5.57. The fraction of sp³-hybridized carbons (Fsp3) is 0.476. The summed E-state index contributed by atoms with van der Waals surface area (Å²) in [6.07, 6.45) is 5.54. The number of pyridine rings is 1. The van der Waals surface area contributed by atoms with Gasteiger partial charge in [-0.05, 0) is 49.7 Å². The minimum absolute atomic E-state index is 0.00625. The third-order valence-corrected chi connectivity index (χ3v) is 7.78. The Bertz CT molecular complexity index is 1210. The van der Waals surface area contributed by atoms with Crippen molar-refractivity contribution in [3.8, 4) is 0 Å². The average molecular weight is 395 g/mol. The molecule has 1 saturated heterocycles. The molecule has 1 fully saturated rings. The van der Waals surface area contributed by atoms with Gasteiger partial charge in [-0.15, -0.1) is 11.3 Å². The van der Waals surface area contributed by atoms with Crippen molar-refractivity contribution >= 4 is 27.5 Å². The van der Waals surface area contributed by atoms with E-state index in [-0.39, 0.29) is 11.1 Å². The van der Waals surface area contributed by atoms with Gasteiger partial charge < -0.3 is 9.47 Å². The van der Waals surface area contributed by atoms with Gasteiger partial charge in [0.25, 0.3) is 11.1 Å². The molecule has 0 saturated carbocycles. The second kappa shape index (κ2) is 6.04. The van der Waals surface area contributed by atoms with E-state index in [0.717, 1.165) is 61.2 Å². The number of fused-ring (bicyclic) bond motifs is 7. The van der Waals surface area contributed by atoms with Gasteiger partial charge in [-0.3, -0.25) is 14.6 Å². The Hall–Kier alpha value is -2.41. The smallest absolute Gasteiger partial charge is 0.261 e. The quantitative estimate of drug-likeness (QED) is 0.689. The van der Waals surface area contributed by atoms with Crippen LogP contribution in [0.25, 0.3) is 10.2 Å². The van der Waals surface area contributed by atoms with Crippen LogP contribution in [0, 0.1) is 5.92 Å². The molecule has 3 aromatic rings. The largest absolute Gasteiger partial charge is 0.341 e. The molecule has 0 aromatic carbocycles. The highest BCUT2D eigenvalue weighted by molar-refractivity contribution is 7.18. The standard InChI is InChI=1S/C21H22N4O2S/c26-17-7-3-5-15-13-8-12(10-25(15)17)9-24(11-13)21-22-19(27)18-14-4-1-2-6-16(14)28-20(18)23-21/h3,5,7,12-13H,1-2,4,6,8-11H2,(H,22,23,27)/t12-,13+/m0/s1. The van der Waals surface area contributed by atoms with Crippen molar-refractivity contribution in [2.24, 2.45) is 5.92 Å². The molecule has 6 nitrogen and oxygen atoms in total. The van der Waals surface area contributed by atoms with Crippen LogP contribution in [-0.2, 0) is 19.4 Å². The number of nitrogens with one attached hydrogen (secondary N) is 1. The number of hydrogen-bond donors (Lipinski definition) is 1. The highest BCUT2D eigenvalue weighted by Gasteiger charge is 2.35. The van der Waals surface area contributed by atoms with Gasteiger partial charge in [0, 0.05) is 42.2 Å². The Morgan fingerprint density at radius 1 is 1.11 bits per heavy atom. The van der Waals surface area contributed by atoms with Crippen LogP contribution >= 0.6 is 11.3 Å². The molecule has 3 aromatic heterocycles. The summed E-state index contributed by atoms with van der Waals surface area (Å²) in [5.41, 5.74) is 2.45. The highest BCUT2D eigenvalue weighted by Crippen LogP contribution is 2.37. The zero-order valence-corrected chi connectivity index (χ0v) is 16.4. The van der Waals surface area contributed by atoms with Crippen LogP contribution < -0.4 is 16.0 Å². The first-order valence-corrected chi connectivity index (χ1v) is 11.0. The first kappa shape index (κ1) is 16.5. The number of aryl methyl sites for hydroxylation is 2. The monoisotopic (exact) mass is 394 g/mol. The number of thiophene rings is 1. The van der Waals surface area contributed by atoms with Crippen molar-refractivity contribution in [3.05, 3.63) is 55.0 Å². The van der Waals surface area contributed by atoms with Gasteiger partial charge in [0.1, 0.15) is 4.83 Å². The Kier molecular flexibility index (Phi) is 3.57. The van der Waals surface area contributed by atoms with Crippen LogP contribution in [0.3, 0.4) is 0 Å². The van der Waals surface area contributed by atoms with Crippen LogP contribution in [0.15, 0.2) is 27.8 Å². The maximum absolute atomic E-state index is 12.9. The molecule has 7 heteroatoms. The zero-order chi connectivity index (χ0) is 18.8. The summed E-state index contributed by atoms with van der Waals surface area (Å²) in [4.78, 5) is 37.5. The van der Waals surface area contributed by atoms with E-state index in [0.29, 0.717) is 17.8 Å². The van der Waals surface area contributed by atoms with E-state index in [1.807, 2.05) is 10.6 Å². The van der Waals surface area contributed by atoms with Crippen molar-refractivity contribution < 1.29 is 0 Å². The molecule has 0 radical (unpaired) electrons. The molecule has 6 rings (SSSR count). The van der Waals surface area contributed by atoms with Crippen LogP contribution in [0.1, 0.15) is 41.3 Å². The van der Waals surface area contributed by atoms with Crippen LogP contribution in [0.4, 0.5) is 5.95 Å².